The quantitative estimate of drug-likeness (QED) is 0.0203. The molecule has 0 N–H and O–H groups in total. The average molecular weight is 744 g/mol. The van der Waals surface area contributed by atoms with Crippen LogP contribution in [0.25, 0.3) is 0 Å². The Morgan fingerprint density at radius 1 is 0.608 bits per heavy atom. The second-order valence-electron chi connectivity index (χ2n) is 15.4. The van der Waals surface area contributed by atoms with Gasteiger partial charge in [0.2, 0.25) is 0 Å². The Hall–Kier alpha value is -1.02. The molecule has 0 aromatic heterocycles. The predicted octanol–water partition coefficient (Wildman–Crippen LogP) is 11.4. The summed E-state index contributed by atoms with van der Waals surface area (Å²) in [6.45, 7) is 5.38. The van der Waals surface area contributed by atoms with Gasteiger partial charge in [0.25, 0.3) is 7.82 Å². The summed E-state index contributed by atoms with van der Waals surface area (Å²) in [6, 6.07) is 0. The lowest BCUT2D eigenvalue weighted by molar-refractivity contribution is -0.870. The third-order valence-corrected chi connectivity index (χ3v) is 9.97. The first-order valence-corrected chi connectivity index (χ1v) is 22.5. The van der Waals surface area contributed by atoms with Crippen molar-refractivity contribution in [2.75, 3.05) is 54.1 Å². The molecule has 0 aromatic rings. The van der Waals surface area contributed by atoms with Crippen LogP contribution in [0.2, 0.25) is 0 Å². The van der Waals surface area contributed by atoms with E-state index in [-0.39, 0.29) is 25.8 Å². The van der Waals surface area contributed by atoms with Crippen molar-refractivity contribution in [3.63, 3.8) is 0 Å². The lowest BCUT2D eigenvalue weighted by Gasteiger charge is -2.28. The van der Waals surface area contributed by atoms with Gasteiger partial charge in [0, 0.05) is 13.0 Å². The minimum absolute atomic E-state index is 0.0267. The zero-order valence-corrected chi connectivity index (χ0v) is 35.0. The van der Waals surface area contributed by atoms with Crippen molar-refractivity contribution >= 4 is 13.8 Å². The van der Waals surface area contributed by atoms with Gasteiger partial charge in [-0.25, -0.2) is 0 Å². The monoisotopic (exact) mass is 744 g/mol. The van der Waals surface area contributed by atoms with Crippen molar-refractivity contribution in [3.8, 4) is 0 Å². The summed E-state index contributed by atoms with van der Waals surface area (Å²) < 4.78 is 34.4. The zero-order chi connectivity index (χ0) is 37.7. The Balaban J connectivity index is 4.12. The molecule has 9 heteroatoms. The minimum atomic E-state index is -4.51. The molecule has 0 spiro atoms. The SMILES string of the molecule is CCCCCCC/C=C\C/C=C\CCCCCCCCCCCC(=O)OC(COCCCCCCCCCC)COP(=O)([O-])OCC[N+](C)(C)C. The standard InChI is InChI=1S/C42H82NO7P/c1-6-8-10-12-14-16-17-18-19-20-21-22-23-24-25-26-27-28-29-31-33-35-42(44)50-41(39-47-37-34-32-30-15-13-11-9-7-2)40-49-51(45,46)48-38-36-43(3,4)5/h17-18,20-21,41H,6-16,19,22-40H2,1-5H3/b18-17-,21-20-. The van der Waals surface area contributed by atoms with Gasteiger partial charge in [-0.15, -0.1) is 0 Å². The van der Waals surface area contributed by atoms with E-state index >= 15 is 0 Å². The van der Waals surface area contributed by atoms with Gasteiger partial charge in [-0.1, -0.05) is 154 Å². The Kier molecular flexibility index (Phi) is 35.3. The molecule has 0 saturated heterocycles. The number of ether oxygens (including phenoxy) is 2. The number of phosphoric ester groups is 1. The van der Waals surface area contributed by atoms with Gasteiger partial charge in [0.05, 0.1) is 34.4 Å². The van der Waals surface area contributed by atoms with Crippen LogP contribution >= 0.6 is 7.82 Å². The molecule has 0 fully saturated rings. The Morgan fingerprint density at radius 3 is 1.59 bits per heavy atom. The number of allylic oxidation sites excluding steroid dienone is 4. The number of hydrogen-bond donors (Lipinski definition) is 0. The number of nitrogens with zero attached hydrogens (tertiary/aromatic N) is 1. The molecule has 2 atom stereocenters. The number of carbonyl (C=O) groups is 1. The molecule has 0 rings (SSSR count). The Labute approximate surface area is 315 Å². The molecule has 0 aliphatic rings. The summed E-state index contributed by atoms with van der Waals surface area (Å²) in [6.07, 6.45) is 39.1. The van der Waals surface area contributed by atoms with Crippen LogP contribution in [0.3, 0.4) is 0 Å². The number of hydrogen-bond acceptors (Lipinski definition) is 7. The van der Waals surface area contributed by atoms with Crippen LogP contribution in [0.1, 0.15) is 181 Å². The van der Waals surface area contributed by atoms with E-state index in [2.05, 4.69) is 38.2 Å². The fraction of sp³-hybridized carbons (Fsp3) is 0.881. The molecule has 2 unspecified atom stereocenters. The van der Waals surface area contributed by atoms with E-state index in [1.165, 1.54) is 122 Å². The highest BCUT2D eigenvalue weighted by Gasteiger charge is 2.20. The van der Waals surface area contributed by atoms with Crippen molar-refractivity contribution in [1.82, 2.24) is 0 Å². The smallest absolute Gasteiger partial charge is 0.306 e. The molecule has 302 valence electrons. The van der Waals surface area contributed by atoms with Crippen LogP contribution in [0.15, 0.2) is 24.3 Å². The second-order valence-corrected chi connectivity index (χ2v) is 16.8. The zero-order valence-electron chi connectivity index (χ0n) is 34.1. The highest BCUT2D eigenvalue weighted by Crippen LogP contribution is 2.38. The Bertz CT molecular complexity index is 874. The van der Waals surface area contributed by atoms with Crippen molar-refractivity contribution in [2.45, 2.75) is 187 Å². The summed E-state index contributed by atoms with van der Waals surface area (Å²) in [5.41, 5.74) is 0. The molecule has 0 radical (unpaired) electrons. The van der Waals surface area contributed by atoms with E-state index < -0.39 is 13.9 Å². The fourth-order valence-electron chi connectivity index (χ4n) is 5.69. The highest BCUT2D eigenvalue weighted by atomic mass is 31.2. The number of likely N-dealkylation sites (N-methyl/N-ethyl adjacent to an activating group) is 1. The van der Waals surface area contributed by atoms with E-state index in [0.29, 0.717) is 24.1 Å². The number of carbonyl (C=O) groups excluding carboxylic acids is 1. The Morgan fingerprint density at radius 2 is 1.08 bits per heavy atom. The van der Waals surface area contributed by atoms with Crippen molar-refractivity contribution in [3.05, 3.63) is 24.3 Å². The van der Waals surface area contributed by atoms with Crippen molar-refractivity contribution in [1.29, 1.82) is 0 Å². The van der Waals surface area contributed by atoms with E-state index in [0.717, 1.165) is 38.5 Å². The largest absolute Gasteiger partial charge is 0.756 e. The molecular weight excluding hydrogens is 661 g/mol. The van der Waals surface area contributed by atoms with Crippen LogP contribution < -0.4 is 4.89 Å². The van der Waals surface area contributed by atoms with Crippen LogP contribution in [0, 0.1) is 0 Å². The fourth-order valence-corrected chi connectivity index (χ4v) is 6.42. The number of unbranched alkanes of at least 4 members (excludes halogenated alkanes) is 21. The third-order valence-electron chi connectivity index (χ3n) is 9.01. The molecule has 0 aliphatic heterocycles. The predicted molar refractivity (Wildman–Crippen MR) is 213 cm³/mol. The van der Waals surface area contributed by atoms with Crippen molar-refractivity contribution in [2.24, 2.45) is 0 Å². The molecular formula is C42H82NO7P. The van der Waals surface area contributed by atoms with Gasteiger partial charge in [0.15, 0.2) is 0 Å². The van der Waals surface area contributed by atoms with Gasteiger partial charge in [-0.05, 0) is 44.9 Å². The lowest BCUT2D eigenvalue weighted by Crippen LogP contribution is -2.37. The molecule has 0 bridgehead atoms. The van der Waals surface area contributed by atoms with E-state index in [1.54, 1.807) is 0 Å². The van der Waals surface area contributed by atoms with Crippen LogP contribution in [-0.2, 0) is 27.9 Å². The maximum absolute atomic E-state index is 12.6. The first-order valence-electron chi connectivity index (χ1n) is 21.1. The summed E-state index contributed by atoms with van der Waals surface area (Å²) in [4.78, 5) is 24.9. The average Bonchev–Trinajstić information content (AvgIpc) is 3.08. The third kappa shape index (κ3) is 40.0. The molecule has 0 saturated carbocycles. The first kappa shape index (κ1) is 50.0. The van der Waals surface area contributed by atoms with Gasteiger partial charge < -0.3 is 27.9 Å². The van der Waals surface area contributed by atoms with Gasteiger partial charge in [-0.2, -0.15) is 0 Å². The summed E-state index contributed by atoms with van der Waals surface area (Å²) in [5, 5.41) is 0. The molecule has 0 aliphatic carbocycles. The minimum Gasteiger partial charge on any atom is -0.756 e. The summed E-state index contributed by atoms with van der Waals surface area (Å²) in [7, 11) is 1.36. The highest BCUT2D eigenvalue weighted by molar-refractivity contribution is 7.45. The van der Waals surface area contributed by atoms with Crippen molar-refractivity contribution < 1.29 is 37.3 Å². The van der Waals surface area contributed by atoms with Gasteiger partial charge in [-0.3, -0.25) is 9.36 Å². The number of quaternary nitrogens is 1. The first-order chi connectivity index (χ1) is 24.6. The summed E-state index contributed by atoms with van der Waals surface area (Å²) in [5.74, 6) is -0.339. The molecule has 0 amide bonds. The topological polar surface area (TPSA) is 94.1 Å². The van der Waals surface area contributed by atoms with E-state index in [4.69, 9.17) is 18.5 Å². The van der Waals surface area contributed by atoms with Crippen LogP contribution in [0.5, 0.6) is 0 Å². The lowest BCUT2D eigenvalue weighted by atomic mass is 10.1. The summed E-state index contributed by atoms with van der Waals surface area (Å²) >= 11 is 0. The molecule has 8 nitrogen and oxygen atoms in total. The van der Waals surface area contributed by atoms with E-state index in [9.17, 15) is 14.3 Å². The van der Waals surface area contributed by atoms with Crippen LogP contribution in [0.4, 0.5) is 0 Å². The molecule has 0 aromatic carbocycles. The molecule has 0 heterocycles. The van der Waals surface area contributed by atoms with Crippen LogP contribution in [-0.4, -0.2) is 70.7 Å². The maximum Gasteiger partial charge on any atom is 0.306 e. The van der Waals surface area contributed by atoms with Gasteiger partial charge >= 0.3 is 5.97 Å². The normalized spacial score (nSPS) is 14.1. The maximum atomic E-state index is 12.6. The number of rotatable bonds is 39. The number of phosphoric acid groups is 1. The second kappa shape index (κ2) is 36.0. The number of esters is 1. The van der Waals surface area contributed by atoms with E-state index in [1.807, 2.05) is 21.1 Å². The van der Waals surface area contributed by atoms with Gasteiger partial charge in [0.1, 0.15) is 19.3 Å². The molecule has 51 heavy (non-hydrogen) atoms.